The summed E-state index contributed by atoms with van der Waals surface area (Å²) in [5.41, 5.74) is 2.00. The zero-order valence-corrected chi connectivity index (χ0v) is 8.75. The standard InChI is InChI=1S/C10H15N3O2/c1-7-8(6-12-13-7)5-11-10(14)9-3-2-4-15-9/h6,9H,2-5H2,1H3,(H,11,14)(H,12,13)/t9-/m1/s1. The van der Waals surface area contributed by atoms with Crippen molar-refractivity contribution in [2.45, 2.75) is 32.4 Å². The van der Waals surface area contributed by atoms with Gasteiger partial charge in [0.05, 0.1) is 6.20 Å². The van der Waals surface area contributed by atoms with Crippen molar-refractivity contribution in [3.8, 4) is 0 Å². The van der Waals surface area contributed by atoms with Crippen molar-refractivity contribution in [2.24, 2.45) is 0 Å². The van der Waals surface area contributed by atoms with E-state index in [1.165, 1.54) is 0 Å². The molecule has 2 N–H and O–H groups in total. The van der Waals surface area contributed by atoms with Gasteiger partial charge in [-0.05, 0) is 19.8 Å². The van der Waals surface area contributed by atoms with Gasteiger partial charge in [-0.2, -0.15) is 5.10 Å². The molecule has 0 spiro atoms. The molecule has 5 nitrogen and oxygen atoms in total. The van der Waals surface area contributed by atoms with Gasteiger partial charge in [-0.15, -0.1) is 0 Å². The maximum absolute atomic E-state index is 11.6. The molecule has 2 rings (SSSR count). The first kappa shape index (κ1) is 10.2. The number of carbonyl (C=O) groups is 1. The van der Waals surface area contributed by atoms with Crippen LogP contribution in [0.5, 0.6) is 0 Å². The lowest BCUT2D eigenvalue weighted by atomic mass is 10.2. The number of aromatic nitrogens is 2. The second kappa shape index (κ2) is 4.44. The Bertz CT molecular complexity index is 342. The quantitative estimate of drug-likeness (QED) is 0.762. The average molecular weight is 209 g/mol. The van der Waals surface area contributed by atoms with Crippen LogP contribution in [-0.2, 0) is 16.1 Å². The van der Waals surface area contributed by atoms with E-state index in [1.807, 2.05) is 6.92 Å². The molecule has 1 aromatic heterocycles. The van der Waals surface area contributed by atoms with E-state index in [-0.39, 0.29) is 12.0 Å². The molecule has 0 aliphatic carbocycles. The summed E-state index contributed by atoms with van der Waals surface area (Å²) in [4.78, 5) is 11.6. The summed E-state index contributed by atoms with van der Waals surface area (Å²) in [5.74, 6) is -0.0203. The highest BCUT2D eigenvalue weighted by Crippen LogP contribution is 2.12. The third-order valence-corrected chi connectivity index (χ3v) is 2.61. The number of nitrogens with zero attached hydrogens (tertiary/aromatic N) is 1. The Labute approximate surface area is 88.2 Å². The van der Waals surface area contributed by atoms with Crippen molar-refractivity contribution in [1.29, 1.82) is 0 Å². The average Bonchev–Trinajstić information content (AvgIpc) is 2.85. The molecule has 15 heavy (non-hydrogen) atoms. The summed E-state index contributed by atoms with van der Waals surface area (Å²) in [6.07, 6.45) is 3.28. The van der Waals surface area contributed by atoms with Gasteiger partial charge in [-0.3, -0.25) is 9.89 Å². The van der Waals surface area contributed by atoms with Gasteiger partial charge in [0.2, 0.25) is 5.91 Å². The zero-order chi connectivity index (χ0) is 10.7. The van der Waals surface area contributed by atoms with E-state index >= 15 is 0 Å². The number of hydrogen-bond donors (Lipinski definition) is 2. The first-order valence-corrected chi connectivity index (χ1v) is 5.15. The molecule has 1 aromatic rings. The second-order valence-corrected chi connectivity index (χ2v) is 3.74. The Morgan fingerprint density at radius 1 is 1.80 bits per heavy atom. The molecule has 0 unspecified atom stereocenters. The number of ether oxygens (including phenoxy) is 1. The van der Waals surface area contributed by atoms with Crippen LogP contribution in [0.25, 0.3) is 0 Å². The minimum Gasteiger partial charge on any atom is -0.368 e. The largest absolute Gasteiger partial charge is 0.368 e. The molecule has 1 atom stereocenters. The van der Waals surface area contributed by atoms with Crippen LogP contribution in [0.3, 0.4) is 0 Å². The number of nitrogens with one attached hydrogen (secondary N) is 2. The number of aryl methyl sites for hydroxylation is 1. The molecule has 1 aliphatic heterocycles. The second-order valence-electron chi connectivity index (χ2n) is 3.74. The van der Waals surface area contributed by atoms with Crippen LogP contribution in [0.2, 0.25) is 0 Å². The summed E-state index contributed by atoms with van der Waals surface area (Å²) < 4.78 is 5.28. The minimum absolute atomic E-state index is 0.0203. The monoisotopic (exact) mass is 209 g/mol. The molecule has 0 radical (unpaired) electrons. The lowest BCUT2D eigenvalue weighted by Crippen LogP contribution is -2.33. The highest BCUT2D eigenvalue weighted by molar-refractivity contribution is 5.80. The predicted molar refractivity (Wildman–Crippen MR) is 54.1 cm³/mol. The number of rotatable bonds is 3. The number of H-pyrrole nitrogens is 1. The van der Waals surface area contributed by atoms with Gasteiger partial charge in [0.25, 0.3) is 0 Å². The number of hydrogen-bond acceptors (Lipinski definition) is 3. The number of carbonyl (C=O) groups excluding carboxylic acids is 1. The molecular weight excluding hydrogens is 194 g/mol. The number of aromatic amines is 1. The fourth-order valence-electron chi connectivity index (χ4n) is 1.63. The highest BCUT2D eigenvalue weighted by Gasteiger charge is 2.23. The topological polar surface area (TPSA) is 67.0 Å². The third kappa shape index (κ3) is 2.36. The molecule has 0 bridgehead atoms. The van der Waals surface area contributed by atoms with Crippen LogP contribution in [-0.4, -0.2) is 28.8 Å². The van der Waals surface area contributed by atoms with Gasteiger partial charge in [-0.25, -0.2) is 0 Å². The van der Waals surface area contributed by atoms with Gasteiger partial charge < -0.3 is 10.1 Å². The molecule has 0 saturated carbocycles. The van der Waals surface area contributed by atoms with E-state index in [2.05, 4.69) is 15.5 Å². The van der Waals surface area contributed by atoms with E-state index in [4.69, 9.17) is 4.74 Å². The van der Waals surface area contributed by atoms with E-state index in [0.29, 0.717) is 13.2 Å². The van der Waals surface area contributed by atoms with E-state index in [1.54, 1.807) is 6.20 Å². The van der Waals surface area contributed by atoms with Gasteiger partial charge in [0.15, 0.2) is 0 Å². The third-order valence-electron chi connectivity index (χ3n) is 2.61. The molecule has 0 aromatic carbocycles. The molecule has 2 heterocycles. The van der Waals surface area contributed by atoms with Crippen LogP contribution < -0.4 is 5.32 Å². The summed E-state index contributed by atoms with van der Waals surface area (Å²) in [7, 11) is 0. The Kier molecular flexibility index (Phi) is 3.01. The molecular formula is C10H15N3O2. The lowest BCUT2D eigenvalue weighted by Gasteiger charge is -2.09. The Morgan fingerprint density at radius 2 is 2.67 bits per heavy atom. The smallest absolute Gasteiger partial charge is 0.249 e. The van der Waals surface area contributed by atoms with Gasteiger partial charge in [0, 0.05) is 24.4 Å². The molecule has 82 valence electrons. The molecule has 1 amide bonds. The summed E-state index contributed by atoms with van der Waals surface area (Å²) in [6.45, 7) is 3.14. The van der Waals surface area contributed by atoms with Crippen LogP contribution in [0.1, 0.15) is 24.1 Å². The maximum Gasteiger partial charge on any atom is 0.249 e. The van der Waals surface area contributed by atoms with Crippen molar-refractivity contribution in [2.75, 3.05) is 6.61 Å². The first-order valence-electron chi connectivity index (χ1n) is 5.15. The van der Waals surface area contributed by atoms with Gasteiger partial charge in [0.1, 0.15) is 6.10 Å². The highest BCUT2D eigenvalue weighted by atomic mass is 16.5. The van der Waals surface area contributed by atoms with Crippen molar-refractivity contribution in [3.63, 3.8) is 0 Å². The minimum atomic E-state index is -0.253. The van der Waals surface area contributed by atoms with E-state index < -0.39 is 0 Å². The van der Waals surface area contributed by atoms with Crippen LogP contribution in [0, 0.1) is 6.92 Å². The molecule has 1 saturated heterocycles. The Hall–Kier alpha value is -1.36. The molecule has 5 heteroatoms. The van der Waals surface area contributed by atoms with Gasteiger partial charge >= 0.3 is 0 Å². The van der Waals surface area contributed by atoms with Crippen LogP contribution >= 0.6 is 0 Å². The fourth-order valence-corrected chi connectivity index (χ4v) is 1.63. The summed E-state index contributed by atoms with van der Waals surface area (Å²) >= 11 is 0. The Morgan fingerprint density at radius 3 is 3.27 bits per heavy atom. The summed E-state index contributed by atoms with van der Waals surface area (Å²) in [6, 6.07) is 0. The molecule has 1 aliphatic rings. The zero-order valence-electron chi connectivity index (χ0n) is 8.75. The van der Waals surface area contributed by atoms with Crippen molar-refractivity contribution in [3.05, 3.63) is 17.5 Å². The van der Waals surface area contributed by atoms with Crippen molar-refractivity contribution < 1.29 is 9.53 Å². The normalized spacial score (nSPS) is 20.5. The summed E-state index contributed by atoms with van der Waals surface area (Å²) in [5, 5.41) is 9.56. The van der Waals surface area contributed by atoms with Crippen LogP contribution in [0.15, 0.2) is 6.20 Å². The van der Waals surface area contributed by atoms with E-state index in [9.17, 15) is 4.79 Å². The van der Waals surface area contributed by atoms with E-state index in [0.717, 1.165) is 24.1 Å². The Balaban J connectivity index is 1.83. The maximum atomic E-state index is 11.6. The fraction of sp³-hybridized carbons (Fsp3) is 0.600. The molecule has 1 fully saturated rings. The van der Waals surface area contributed by atoms with Crippen LogP contribution in [0.4, 0.5) is 0 Å². The SMILES string of the molecule is Cc1[nH]ncc1CNC(=O)[C@H]1CCCO1. The predicted octanol–water partition coefficient (Wildman–Crippen LogP) is 0.513. The van der Waals surface area contributed by atoms with Crippen molar-refractivity contribution >= 4 is 5.91 Å². The lowest BCUT2D eigenvalue weighted by molar-refractivity contribution is -0.130. The van der Waals surface area contributed by atoms with Gasteiger partial charge in [-0.1, -0.05) is 0 Å². The number of amides is 1. The first-order chi connectivity index (χ1) is 7.27. The van der Waals surface area contributed by atoms with Crippen molar-refractivity contribution in [1.82, 2.24) is 15.5 Å².